The topological polar surface area (TPSA) is 78.5 Å². The zero-order valence-electron chi connectivity index (χ0n) is 12.0. The van der Waals surface area contributed by atoms with Crippen LogP contribution in [0.1, 0.15) is 34.1 Å². The van der Waals surface area contributed by atoms with Crippen molar-refractivity contribution >= 4 is 17.7 Å². The Hall–Kier alpha value is -1.59. The number of nitrogens with one attached hydrogen (secondary N) is 2. The first-order valence-corrected chi connectivity index (χ1v) is 6.73. The number of hydrogen-bond acceptors (Lipinski definition) is 3. The second-order valence-electron chi connectivity index (χ2n) is 5.17. The van der Waals surface area contributed by atoms with Gasteiger partial charge >= 0.3 is 0 Å². The van der Waals surface area contributed by atoms with Gasteiger partial charge in [0.2, 0.25) is 17.7 Å². The molecule has 0 aromatic carbocycles. The monoisotopic (exact) mass is 269 g/mol. The molecule has 1 aliphatic heterocycles. The van der Waals surface area contributed by atoms with Gasteiger partial charge in [0.25, 0.3) is 0 Å². The maximum Gasteiger partial charge on any atom is 0.246 e. The molecule has 1 heterocycles. The molecule has 0 spiro atoms. The summed E-state index contributed by atoms with van der Waals surface area (Å²) >= 11 is 0. The number of hydrogen-bond donors (Lipinski definition) is 2. The van der Waals surface area contributed by atoms with Crippen LogP contribution in [0.3, 0.4) is 0 Å². The first kappa shape index (κ1) is 15.5. The van der Waals surface area contributed by atoms with Crippen molar-refractivity contribution in [3.63, 3.8) is 0 Å². The van der Waals surface area contributed by atoms with E-state index in [1.165, 1.54) is 6.92 Å². The summed E-state index contributed by atoms with van der Waals surface area (Å²) in [6.07, 6.45) is 0.572. The molecule has 1 rings (SSSR count). The molecule has 0 aromatic rings. The first-order chi connectivity index (χ1) is 8.88. The highest BCUT2D eigenvalue weighted by Crippen LogP contribution is 2.14. The average Bonchev–Trinajstić information content (AvgIpc) is 2.34. The molecule has 1 aliphatic rings. The highest BCUT2D eigenvalue weighted by molar-refractivity contribution is 5.92. The average molecular weight is 269 g/mol. The lowest BCUT2D eigenvalue weighted by Crippen LogP contribution is -2.61. The van der Waals surface area contributed by atoms with Crippen molar-refractivity contribution in [3.8, 4) is 0 Å². The Bertz CT molecular complexity index is 368. The minimum absolute atomic E-state index is 0.0149. The molecule has 0 radical (unpaired) electrons. The minimum atomic E-state index is -0.572. The zero-order chi connectivity index (χ0) is 14.6. The second-order valence-corrected chi connectivity index (χ2v) is 5.17. The first-order valence-electron chi connectivity index (χ1n) is 6.73. The van der Waals surface area contributed by atoms with E-state index >= 15 is 0 Å². The van der Waals surface area contributed by atoms with Crippen LogP contribution < -0.4 is 10.6 Å². The fraction of sp³-hybridized carbons (Fsp3) is 0.769. The molecule has 0 aliphatic carbocycles. The fourth-order valence-electron chi connectivity index (χ4n) is 2.30. The van der Waals surface area contributed by atoms with E-state index in [0.717, 1.165) is 0 Å². The maximum absolute atomic E-state index is 12.5. The summed E-state index contributed by atoms with van der Waals surface area (Å²) in [5.74, 6) is -0.542. The van der Waals surface area contributed by atoms with Crippen molar-refractivity contribution in [2.75, 3.05) is 13.1 Å². The lowest BCUT2D eigenvalue weighted by Gasteiger charge is -2.37. The van der Waals surface area contributed by atoms with E-state index in [2.05, 4.69) is 10.6 Å². The Morgan fingerprint density at radius 2 is 2.11 bits per heavy atom. The Balaban J connectivity index is 2.88. The molecule has 0 bridgehead atoms. The molecule has 1 fully saturated rings. The van der Waals surface area contributed by atoms with Gasteiger partial charge in [0.1, 0.15) is 12.1 Å². The van der Waals surface area contributed by atoms with Crippen LogP contribution in [0.25, 0.3) is 0 Å². The van der Waals surface area contributed by atoms with E-state index in [4.69, 9.17) is 0 Å². The summed E-state index contributed by atoms with van der Waals surface area (Å²) in [6.45, 7) is 7.98. The summed E-state index contributed by atoms with van der Waals surface area (Å²) in [5, 5.41) is 5.43. The number of carbonyl (C=O) groups is 3. The van der Waals surface area contributed by atoms with E-state index in [-0.39, 0.29) is 23.6 Å². The van der Waals surface area contributed by atoms with Gasteiger partial charge in [0, 0.05) is 20.0 Å². The largest absolute Gasteiger partial charge is 0.353 e. The fourth-order valence-corrected chi connectivity index (χ4v) is 2.30. The van der Waals surface area contributed by atoms with E-state index in [0.29, 0.717) is 19.5 Å². The zero-order valence-corrected chi connectivity index (χ0v) is 12.0. The van der Waals surface area contributed by atoms with Crippen LogP contribution in [0.15, 0.2) is 0 Å². The Morgan fingerprint density at radius 1 is 1.47 bits per heavy atom. The molecule has 19 heavy (non-hydrogen) atoms. The second kappa shape index (κ2) is 6.54. The Morgan fingerprint density at radius 3 is 2.58 bits per heavy atom. The molecule has 6 nitrogen and oxygen atoms in total. The van der Waals surface area contributed by atoms with Crippen LogP contribution in [-0.2, 0) is 14.4 Å². The molecule has 3 amide bonds. The van der Waals surface area contributed by atoms with Crippen LogP contribution in [0.5, 0.6) is 0 Å². The van der Waals surface area contributed by atoms with Gasteiger partial charge in [-0.1, -0.05) is 20.8 Å². The van der Waals surface area contributed by atoms with Crippen molar-refractivity contribution < 1.29 is 14.4 Å². The number of rotatable bonds is 4. The third-order valence-corrected chi connectivity index (χ3v) is 3.29. The molecule has 108 valence electrons. The lowest BCUT2D eigenvalue weighted by atomic mass is 10.00. The predicted molar refractivity (Wildman–Crippen MR) is 71.2 cm³/mol. The summed E-state index contributed by atoms with van der Waals surface area (Å²) in [7, 11) is 0. The Labute approximate surface area is 113 Å². The normalized spacial score (nSPS) is 21.0. The van der Waals surface area contributed by atoms with Gasteiger partial charge in [-0.25, -0.2) is 0 Å². The number of amides is 3. The number of nitrogens with zero attached hydrogens (tertiary/aromatic N) is 1. The van der Waals surface area contributed by atoms with Crippen molar-refractivity contribution in [1.82, 2.24) is 15.5 Å². The molecular formula is C13H23N3O3. The molecule has 6 heteroatoms. The summed E-state index contributed by atoms with van der Waals surface area (Å²) < 4.78 is 0. The minimum Gasteiger partial charge on any atom is -0.353 e. The third kappa shape index (κ3) is 3.68. The van der Waals surface area contributed by atoms with Crippen molar-refractivity contribution in [3.05, 3.63) is 0 Å². The summed E-state index contributed by atoms with van der Waals surface area (Å²) in [4.78, 5) is 37.1. The summed E-state index contributed by atoms with van der Waals surface area (Å²) in [5.41, 5.74) is 0. The van der Waals surface area contributed by atoms with Crippen LogP contribution in [0.4, 0.5) is 0 Å². The van der Waals surface area contributed by atoms with Gasteiger partial charge in [0.05, 0.1) is 0 Å². The third-order valence-electron chi connectivity index (χ3n) is 3.29. The number of piperazine rings is 1. The highest BCUT2D eigenvalue weighted by Gasteiger charge is 2.36. The van der Waals surface area contributed by atoms with E-state index < -0.39 is 12.1 Å². The molecule has 1 saturated heterocycles. The van der Waals surface area contributed by atoms with Crippen LogP contribution >= 0.6 is 0 Å². The number of carbonyl (C=O) groups excluding carboxylic acids is 3. The van der Waals surface area contributed by atoms with Gasteiger partial charge in [-0.3, -0.25) is 14.4 Å². The van der Waals surface area contributed by atoms with Crippen LogP contribution in [0, 0.1) is 5.92 Å². The van der Waals surface area contributed by atoms with Crippen LogP contribution in [-0.4, -0.2) is 47.8 Å². The SMILES string of the molecule is CCC1C(=O)NCCN1C(=O)C(NC(C)=O)C(C)C. The quantitative estimate of drug-likeness (QED) is 0.747. The van der Waals surface area contributed by atoms with Gasteiger partial charge < -0.3 is 15.5 Å². The maximum atomic E-state index is 12.5. The van der Waals surface area contributed by atoms with Crippen molar-refractivity contribution in [2.45, 2.75) is 46.2 Å². The molecular weight excluding hydrogens is 246 g/mol. The van der Waals surface area contributed by atoms with E-state index in [1.54, 1.807) is 4.90 Å². The van der Waals surface area contributed by atoms with Gasteiger partial charge in [-0.15, -0.1) is 0 Å². The molecule has 2 N–H and O–H groups in total. The standard InChI is InChI=1S/C13H23N3O3/c1-5-10-12(18)14-6-7-16(10)13(19)11(8(2)3)15-9(4)17/h8,10-11H,5-7H2,1-4H3,(H,14,18)(H,15,17). The smallest absolute Gasteiger partial charge is 0.246 e. The molecule has 0 saturated carbocycles. The van der Waals surface area contributed by atoms with E-state index in [1.807, 2.05) is 20.8 Å². The van der Waals surface area contributed by atoms with Crippen molar-refractivity contribution in [2.24, 2.45) is 5.92 Å². The van der Waals surface area contributed by atoms with Gasteiger partial charge in [0.15, 0.2) is 0 Å². The lowest BCUT2D eigenvalue weighted by molar-refractivity contribution is -0.146. The highest BCUT2D eigenvalue weighted by atomic mass is 16.2. The van der Waals surface area contributed by atoms with E-state index in [9.17, 15) is 14.4 Å². The van der Waals surface area contributed by atoms with Gasteiger partial charge in [-0.2, -0.15) is 0 Å². The van der Waals surface area contributed by atoms with Gasteiger partial charge in [-0.05, 0) is 12.3 Å². The van der Waals surface area contributed by atoms with Crippen LogP contribution in [0.2, 0.25) is 0 Å². The Kier molecular flexibility index (Phi) is 5.32. The molecule has 2 atom stereocenters. The summed E-state index contributed by atoms with van der Waals surface area (Å²) in [6, 6.07) is -1.01. The molecule has 2 unspecified atom stereocenters. The predicted octanol–water partition coefficient (Wildman–Crippen LogP) is -0.116. The van der Waals surface area contributed by atoms with Crippen molar-refractivity contribution in [1.29, 1.82) is 0 Å². The molecule has 0 aromatic heterocycles.